The molecule has 0 unspecified atom stereocenters. The van der Waals surface area contributed by atoms with Crippen molar-refractivity contribution in [2.45, 2.75) is 6.04 Å². The van der Waals surface area contributed by atoms with Crippen molar-refractivity contribution < 1.29 is 9.59 Å². The number of carbonyl (C=O) groups excluding carboxylic acids is 2. The van der Waals surface area contributed by atoms with Crippen LogP contribution in [-0.4, -0.2) is 23.0 Å². The summed E-state index contributed by atoms with van der Waals surface area (Å²) in [6.07, 6.45) is 0. The van der Waals surface area contributed by atoms with Gasteiger partial charge < -0.3 is 10.6 Å². The van der Waals surface area contributed by atoms with Crippen molar-refractivity contribution in [2.75, 3.05) is 0 Å². The molecule has 0 bridgehead atoms. The van der Waals surface area contributed by atoms with E-state index in [9.17, 15) is 9.59 Å². The van der Waals surface area contributed by atoms with Gasteiger partial charge in [0.15, 0.2) is 5.11 Å². The van der Waals surface area contributed by atoms with E-state index in [1.165, 1.54) is 0 Å². The van der Waals surface area contributed by atoms with Crippen molar-refractivity contribution in [3.05, 3.63) is 27.8 Å². The zero-order valence-electron chi connectivity index (χ0n) is 8.88. The lowest BCUT2D eigenvalue weighted by Gasteiger charge is -2.18. The van der Waals surface area contributed by atoms with Gasteiger partial charge in [-0.25, -0.2) is 0 Å². The van der Waals surface area contributed by atoms with Crippen molar-refractivity contribution in [2.24, 2.45) is 10.2 Å². The number of nitrogens with zero attached hydrogens (tertiary/aromatic N) is 2. The average molecular weight is 374 g/mol. The van der Waals surface area contributed by atoms with Crippen LogP contribution in [0.15, 0.2) is 34.5 Å². The Labute approximate surface area is 121 Å². The summed E-state index contributed by atoms with van der Waals surface area (Å²) in [6, 6.07) is 6.00. The maximum absolute atomic E-state index is 11.5. The SMILES string of the molecule is O=C1NC(=S)NC(=O)C1N=Nc1ccc(I)cc1. The Balaban J connectivity index is 2.13. The Kier molecular flexibility index (Phi) is 3.97. The van der Waals surface area contributed by atoms with Gasteiger partial charge in [-0.05, 0) is 59.1 Å². The number of carbonyl (C=O) groups is 2. The first-order chi connectivity index (χ1) is 8.56. The minimum atomic E-state index is -1.20. The fourth-order valence-corrected chi connectivity index (χ4v) is 1.81. The molecule has 0 radical (unpaired) electrons. The van der Waals surface area contributed by atoms with Crippen molar-refractivity contribution in [3.63, 3.8) is 0 Å². The van der Waals surface area contributed by atoms with Crippen LogP contribution in [0.4, 0.5) is 5.69 Å². The Hall–Kier alpha value is -1.42. The minimum absolute atomic E-state index is 0.00860. The maximum atomic E-state index is 11.5. The number of thiocarbonyl (C=S) groups is 1. The molecule has 2 rings (SSSR count). The zero-order valence-corrected chi connectivity index (χ0v) is 11.9. The Bertz CT molecular complexity index is 523. The molecule has 18 heavy (non-hydrogen) atoms. The molecule has 1 heterocycles. The highest BCUT2D eigenvalue weighted by Gasteiger charge is 2.32. The van der Waals surface area contributed by atoms with Gasteiger partial charge in [0, 0.05) is 3.57 Å². The number of hydrogen-bond acceptors (Lipinski definition) is 5. The molecule has 1 aliphatic rings. The quantitative estimate of drug-likeness (QED) is 0.354. The lowest BCUT2D eigenvalue weighted by atomic mass is 10.2. The van der Waals surface area contributed by atoms with Crippen LogP contribution in [0.25, 0.3) is 0 Å². The number of hydrogen-bond donors (Lipinski definition) is 2. The first-order valence-corrected chi connectivity index (χ1v) is 6.37. The molecule has 8 heteroatoms. The highest BCUT2D eigenvalue weighted by atomic mass is 127. The molecule has 0 aliphatic carbocycles. The van der Waals surface area contributed by atoms with Gasteiger partial charge >= 0.3 is 0 Å². The highest BCUT2D eigenvalue weighted by Crippen LogP contribution is 2.15. The molecular weight excluding hydrogens is 367 g/mol. The third-order valence-electron chi connectivity index (χ3n) is 2.09. The highest BCUT2D eigenvalue weighted by molar-refractivity contribution is 14.1. The van der Waals surface area contributed by atoms with Gasteiger partial charge in [0.25, 0.3) is 11.8 Å². The van der Waals surface area contributed by atoms with E-state index in [1.54, 1.807) is 12.1 Å². The van der Waals surface area contributed by atoms with E-state index in [2.05, 4.69) is 55.7 Å². The fraction of sp³-hybridized carbons (Fsp3) is 0.100. The minimum Gasteiger partial charge on any atom is -0.300 e. The van der Waals surface area contributed by atoms with Crippen LogP contribution >= 0.6 is 34.8 Å². The smallest absolute Gasteiger partial charge is 0.262 e. The molecule has 1 aromatic carbocycles. The molecule has 92 valence electrons. The summed E-state index contributed by atoms with van der Waals surface area (Å²) in [5, 5.41) is 12.2. The van der Waals surface area contributed by atoms with E-state index in [4.69, 9.17) is 0 Å². The van der Waals surface area contributed by atoms with Gasteiger partial charge in [-0.15, -0.1) is 0 Å². The molecule has 1 aliphatic heterocycles. The van der Waals surface area contributed by atoms with Gasteiger partial charge in [0.05, 0.1) is 5.69 Å². The van der Waals surface area contributed by atoms with E-state index in [-0.39, 0.29) is 5.11 Å². The average Bonchev–Trinajstić information content (AvgIpc) is 2.30. The molecule has 2 amide bonds. The second-order valence-corrected chi connectivity index (χ2v) is 5.06. The van der Waals surface area contributed by atoms with Crippen molar-refractivity contribution in [1.82, 2.24) is 10.6 Å². The van der Waals surface area contributed by atoms with E-state index in [0.717, 1.165) is 3.57 Å². The second-order valence-electron chi connectivity index (χ2n) is 3.40. The van der Waals surface area contributed by atoms with Gasteiger partial charge in [-0.3, -0.25) is 9.59 Å². The van der Waals surface area contributed by atoms with Crippen LogP contribution in [0.1, 0.15) is 0 Å². The molecular formula is C10H7IN4O2S. The Morgan fingerprint density at radius 2 is 1.67 bits per heavy atom. The summed E-state index contributed by atoms with van der Waals surface area (Å²) in [4.78, 5) is 23.0. The van der Waals surface area contributed by atoms with Crippen molar-refractivity contribution in [3.8, 4) is 0 Å². The molecule has 1 fully saturated rings. The van der Waals surface area contributed by atoms with E-state index in [0.29, 0.717) is 5.69 Å². The summed E-state index contributed by atoms with van der Waals surface area (Å²) in [5.41, 5.74) is 0.573. The third-order valence-corrected chi connectivity index (χ3v) is 3.01. The summed E-state index contributed by atoms with van der Waals surface area (Å²) in [5.74, 6) is -1.14. The number of halogens is 1. The number of azo groups is 1. The predicted octanol–water partition coefficient (Wildman–Crippen LogP) is 1.27. The van der Waals surface area contributed by atoms with Crippen LogP contribution in [0.2, 0.25) is 0 Å². The lowest BCUT2D eigenvalue weighted by Crippen LogP contribution is -2.57. The normalized spacial score (nSPS) is 16.8. The summed E-state index contributed by atoms with van der Waals surface area (Å²) in [6.45, 7) is 0. The van der Waals surface area contributed by atoms with Crippen LogP contribution in [0.5, 0.6) is 0 Å². The first kappa shape index (κ1) is 13.0. The molecule has 0 spiro atoms. The lowest BCUT2D eigenvalue weighted by molar-refractivity contribution is -0.131. The maximum Gasteiger partial charge on any atom is 0.262 e. The Morgan fingerprint density at radius 3 is 2.22 bits per heavy atom. The predicted molar refractivity (Wildman–Crippen MR) is 76.3 cm³/mol. The van der Waals surface area contributed by atoms with Gasteiger partial charge in [-0.1, -0.05) is 0 Å². The first-order valence-electron chi connectivity index (χ1n) is 4.88. The van der Waals surface area contributed by atoms with Crippen LogP contribution in [0.3, 0.4) is 0 Å². The monoisotopic (exact) mass is 374 g/mol. The summed E-state index contributed by atoms with van der Waals surface area (Å²) < 4.78 is 1.06. The molecule has 0 saturated carbocycles. The van der Waals surface area contributed by atoms with E-state index >= 15 is 0 Å². The molecule has 0 atom stereocenters. The van der Waals surface area contributed by atoms with Crippen molar-refractivity contribution >= 4 is 57.4 Å². The molecule has 2 N–H and O–H groups in total. The summed E-state index contributed by atoms with van der Waals surface area (Å²) >= 11 is 6.83. The fourth-order valence-electron chi connectivity index (χ4n) is 1.25. The number of amides is 2. The largest absolute Gasteiger partial charge is 0.300 e. The van der Waals surface area contributed by atoms with Gasteiger partial charge in [0.1, 0.15) is 0 Å². The number of nitrogens with one attached hydrogen (secondary N) is 2. The van der Waals surface area contributed by atoms with E-state index in [1.807, 2.05) is 12.1 Å². The van der Waals surface area contributed by atoms with Crippen LogP contribution in [-0.2, 0) is 9.59 Å². The van der Waals surface area contributed by atoms with Gasteiger partial charge in [0.2, 0.25) is 6.04 Å². The third kappa shape index (κ3) is 3.07. The number of benzene rings is 1. The Morgan fingerprint density at radius 1 is 1.11 bits per heavy atom. The standard InChI is InChI=1S/C10H7IN4O2S/c11-5-1-3-6(4-2-5)14-15-7-8(16)12-10(18)13-9(7)17/h1-4,7H,(H2,12,13,16,17,18). The summed E-state index contributed by atoms with van der Waals surface area (Å²) in [7, 11) is 0. The molecule has 1 aromatic rings. The topological polar surface area (TPSA) is 82.9 Å². The molecule has 6 nitrogen and oxygen atoms in total. The molecule has 0 aromatic heterocycles. The molecule has 1 saturated heterocycles. The van der Waals surface area contributed by atoms with Crippen molar-refractivity contribution in [1.29, 1.82) is 0 Å². The number of rotatable bonds is 2. The second kappa shape index (κ2) is 5.48. The zero-order chi connectivity index (χ0) is 13.1. The van der Waals surface area contributed by atoms with Gasteiger partial charge in [-0.2, -0.15) is 10.2 Å². The van der Waals surface area contributed by atoms with Crippen LogP contribution < -0.4 is 10.6 Å². The van der Waals surface area contributed by atoms with Crippen LogP contribution in [0, 0.1) is 3.57 Å². The van der Waals surface area contributed by atoms with E-state index < -0.39 is 17.9 Å².